The van der Waals surface area contributed by atoms with E-state index in [-0.39, 0.29) is 18.4 Å². The number of carbonyl (C=O) groups is 2. The van der Waals surface area contributed by atoms with Crippen LogP contribution in [0.25, 0.3) is 0 Å². The van der Waals surface area contributed by atoms with Gasteiger partial charge in [0.2, 0.25) is 0 Å². The highest BCUT2D eigenvalue weighted by Crippen LogP contribution is 2.27. The summed E-state index contributed by atoms with van der Waals surface area (Å²) in [6.45, 7) is 1.82. The van der Waals surface area contributed by atoms with Gasteiger partial charge in [0.25, 0.3) is 11.8 Å². The lowest BCUT2D eigenvalue weighted by Crippen LogP contribution is -2.20. The number of halogens is 1. The van der Waals surface area contributed by atoms with E-state index in [4.69, 9.17) is 9.47 Å². The van der Waals surface area contributed by atoms with Crippen LogP contribution >= 0.6 is 22.6 Å². The summed E-state index contributed by atoms with van der Waals surface area (Å²) in [5, 5.41) is 6.77. The van der Waals surface area contributed by atoms with E-state index in [0.717, 1.165) is 9.13 Å². The SMILES string of the molecule is COc1cc(/C=N/NC(=O)c2cccc(I)c2)ccc1OCC(=O)Nc1ccc(C)cc1. The molecule has 0 aliphatic heterocycles. The lowest BCUT2D eigenvalue weighted by atomic mass is 10.2. The Balaban J connectivity index is 1.56. The Hall–Kier alpha value is -3.40. The van der Waals surface area contributed by atoms with Crippen molar-refractivity contribution in [3.05, 3.63) is 87.0 Å². The third kappa shape index (κ3) is 6.81. The van der Waals surface area contributed by atoms with Crippen molar-refractivity contribution in [2.75, 3.05) is 19.0 Å². The predicted molar refractivity (Wildman–Crippen MR) is 133 cm³/mol. The molecular formula is C24H22IN3O4. The van der Waals surface area contributed by atoms with Gasteiger partial charge in [-0.1, -0.05) is 23.8 Å². The van der Waals surface area contributed by atoms with Gasteiger partial charge in [-0.15, -0.1) is 0 Å². The average Bonchev–Trinajstić information content (AvgIpc) is 2.79. The van der Waals surface area contributed by atoms with Crippen LogP contribution in [0.15, 0.2) is 71.8 Å². The molecule has 0 spiro atoms. The first-order chi connectivity index (χ1) is 15.4. The van der Waals surface area contributed by atoms with Crippen molar-refractivity contribution >= 4 is 46.3 Å². The molecule has 0 aliphatic carbocycles. The van der Waals surface area contributed by atoms with Crippen LogP contribution < -0.4 is 20.2 Å². The van der Waals surface area contributed by atoms with Crippen molar-refractivity contribution in [2.24, 2.45) is 5.10 Å². The smallest absolute Gasteiger partial charge is 0.271 e. The van der Waals surface area contributed by atoms with Gasteiger partial charge in [0, 0.05) is 14.8 Å². The number of hydrazone groups is 1. The van der Waals surface area contributed by atoms with Crippen LogP contribution in [0.5, 0.6) is 11.5 Å². The average molecular weight is 543 g/mol. The van der Waals surface area contributed by atoms with Gasteiger partial charge in [0.05, 0.1) is 13.3 Å². The molecule has 3 aromatic rings. The van der Waals surface area contributed by atoms with Crippen molar-refractivity contribution in [2.45, 2.75) is 6.92 Å². The molecule has 0 unspecified atom stereocenters. The number of ether oxygens (including phenoxy) is 2. The van der Waals surface area contributed by atoms with Crippen LogP contribution in [-0.4, -0.2) is 31.7 Å². The Labute approximate surface area is 200 Å². The van der Waals surface area contributed by atoms with E-state index in [1.807, 2.05) is 43.3 Å². The molecule has 0 radical (unpaired) electrons. The monoisotopic (exact) mass is 543 g/mol. The second kappa shape index (κ2) is 11.3. The number of nitrogens with one attached hydrogen (secondary N) is 2. The van der Waals surface area contributed by atoms with Crippen LogP contribution in [0.2, 0.25) is 0 Å². The van der Waals surface area contributed by atoms with E-state index in [1.54, 1.807) is 30.3 Å². The van der Waals surface area contributed by atoms with E-state index in [0.29, 0.717) is 28.3 Å². The first-order valence-electron chi connectivity index (χ1n) is 9.71. The highest BCUT2D eigenvalue weighted by molar-refractivity contribution is 14.1. The van der Waals surface area contributed by atoms with E-state index < -0.39 is 0 Å². The van der Waals surface area contributed by atoms with E-state index in [1.165, 1.54) is 13.3 Å². The standard InChI is InChI=1S/C24H22IN3O4/c1-16-6-9-20(10-7-16)27-23(29)15-32-21-11-8-17(12-22(21)31-2)14-26-28-24(30)18-4-3-5-19(25)13-18/h3-14H,15H2,1-2H3,(H,27,29)(H,28,30)/b26-14+. The molecule has 0 aliphatic rings. The number of carbonyl (C=O) groups excluding carboxylic acids is 2. The van der Waals surface area contributed by atoms with Crippen LogP contribution in [0.1, 0.15) is 21.5 Å². The highest BCUT2D eigenvalue weighted by Gasteiger charge is 2.09. The Morgan fingerprint density at radius 2 is 1.81 bits per heavy atom. The molecule has 8 heteroatoms. The van der Waals surface area contributed by atoms with E-state index in [2.05, 4.69) is 38.4 Å². The van der Waals surface area contributed by atoms with E-state index >= 15 is 0 Å². The molecule has 0 fully saturated rings. The van der Waals surface area contributed by atoms with Crippen LogP contribution in [-0.2, 0) is 4.79 Å². The number of aryl methyl sites for hydroxylation is 1. The summed E-state index contributed by atoms with van der Waals surface area (Å²) in [7, 11) is 1.51. The minimum atomic E-state index is -0.300. The van der Waals surface area contributed by atoms with Gasteiger partial charge in [0.15, 0.2) is 18.1 Å². The maximum atomic E-state index is 12.2. The molecule has 164 valence electrons. The van der Waals surface area contributed by atoms with E-state index in [9.17, 15) is 9.59 Å². The summed E-state index contributed by atoms with van der Waals surface area (Å²) in [6.07, 6.45) is 1.50. The normalized spacial score (nSPS) is 10.6. The van der Waals surface area contributed by atoms with Gasteiger partial charge >= 0.3 is 0 Å². The number of nitrogens with zero attached hydrogens (tertiary/aromatic N) is 1. The second-order valence-corrected chi connectivity index (χ2v) is 8.07. The summed E-state index contributed by atoms with van der Waals surface area (Å²) < 4.78 is 11.9. The zero-order valence-corrected chi connectivity index (χ0v) is 19.8. The second-order valence-electron chi connectivity index (χ2n) is 6.82. The minimum Gasteiger partial charge on any atom is -0.493 e. The minimum absolute atomic E-state index is 0.163. The van der Waals surface area contributed by atoms with Crippen molar-refractivity contribution in [1.82, 2.24) is 5.43 Å². The fourth-order valence-electron chi connectivity index (χ4n) is 2.72. The molecule has 32 heavy (non-hydrogen) atoms. The number of anilines is 1. The Morgan fingerprint density at radius 1 is 1.03 bits per heavy atom. The molecule has 0 bridgehead atoms. The highest BCUT2D eigenvalue weighted by atomic mass is 127. The summed E-state index contributed by atoms with van der Waals surface area (Å²) in [5.74, 6) is 0.290. The number of benzene rings is 3. The molecule has 3 rings (SSSR count). The number of hydrogen-bond donors (Lipinski definition) is 2. The summed E-state index contributed by atoms with van der Waals surface area (Å²) in [6, 6.07) is 19.8. The molecule has 7 nitrogen and oxygen atoms in total. The van der Waals surface area contributed by atoms with Gasteiger partial charge in [-0.25, -0.2) is 5.43 Å². The number of methoxy groups -OCH3 is 1. The maximum absolute atomic E-state index is 12.2. The van der Waals surface area contributed by atoms with Crippen molar-refractivity contribution in [3.63, 3.8) is 0 Å². The molecule has 0 aromatic heterocycles. The summed E-state index contributed by atoms with van der Waals surface area (Å²) in [5.41, 5.74) is 5.54. The van der Waals surface area contributed by atoms with Crippen LogP contribution in [0.3, 0.4) is 0 Å². The van der Waals surface area contributed by atoms with Gasteiger partial charge in [0.1, 0.15) is 0 Å². The first-order valence-corrected chi connectivity index (χ1v) is 10.8. The largest absolute Gasteiger partial charge is 0.493 e. The van der Waals surface area contributed by atoms with Crippen LogP contribution in [0, 0.1) is 10.5 Å². The van der Waals surface area contributed by atoms with Gasteiger partial charge in [-0.05, 0) is 83.6 Å². The molecule has 3 aromatic carbocycles. The Kier molecular flexibility index (Phi) is 8.20. The fraction of sp³-hybridized carbons (Fsp3) is 0.125. The Morgan fingerprint density at radius 3 is 2.53 bits per heavy atom. The predicted octanol–water partition coefficient (Wildman–Crippen LogP) is 4.39. The van der Waals surface area contributed by atoms with Gasteiger partial charge in [-0.3, -0.25) is 9.59 Å². The fourth-order valence-corrected chi connectivity index (χ4v) is 3.26. The third-order valence-electron chi connectivity index (χ3n) is 4.35. The lowest BCUT2D eigenvalue weighted by Gasteiger charge is -2.11. The number of amides is 2. The Bertz CT molecular complexity index is 1130. The number of rotatable bonds is 8. The molecule has 0 saturated carbocycles. The zero-order chi connectivity index (χ0) is 22.9. The lowest BCUT2D eigenvalue weighted by molar-refractivity contribution is -0.118. The maximum Gasteiger partial charge on any atom is 0.271 e. The number of hydrogen-bond acceptors (Lipinski definition) is 5. The van der Waals surface area contributed by atoms with Crippen molar-refractivity contribution in [3.8, 4) is 11.5 Å². The zero-order valence-electron chi connectivity index (χ0n) is 17.6. The first kappa shape index (κ1) is 23.3. The summed E-state index contributed by atoms with van der Waals surface area (Å²) >= 11 is 2.14. The van der Waals surface area contributed by atoms with Crippen molar-refractivity contribution in [1.29, 1.82) is 0 Å². The van der Waals surface area contributed by atoms with Gasteiger partial charge < -0.3 is 14.8 Å². The molecular weight excluding hydrogens is 521 g/mol. The molecule has 0 heterocycles. The summed E-state index contributed by atoms with van der Waals surface area (Å²) in [4.78, 5) is 24.3. The molecule has 0 atom stereocenters. The van der Waals surface area contributed by atoms with Crippen LogP contribution in [0.4, 0.5) is 5.69 Å². The van der Waals surface area contributed by atoms with Crippen molar-refractivity contribution < 1.29 is 19.1 Å². The quantitative estimate of drug-likeness (QED) is 0.251. The molecule has 0 saturated heterocycles. The molecule has 2 N–H and O–H groups in total. The molecule has 2 amide bonds. The topological polar surface area (TPSA) is 89.0 Å². The van der Waals surface area contributed by atoms with Gasteiger partial charge in [-0.2, -0.15) is 5.10 Å². The third-order valence-corrected chi connectivity index (χ3v) is 5.02.